The molecule has 0 aromatic carbocycles. The van der Waals surface area contributed by atoms with E-state index in [2.05, 4.69) is 37.0 Å². The zero-order chi connectivity index (χ0) is 20.3. The molecule has 0 aromatic rings. The van der Waals surface area contributed by atoms with Gasteiger partial charge in [0.25, 0.3) is 0 Å². The smallest absolute Gasteiger partial charge is 0.0202 e. The average Bonchev–Trinajstić information content (AvgIpc) is 2.72. The Bertz CT molecular complexity index is 511. The molecule has 2 nitrogen and oxygen atoms in total. The first-order chi connectivity index (χ1) is 13.8. The number of hydrogen-bond acceptors (Lipinski definition) is 2. The summed E-state index contributed by atoms with van der Waals surface area (Å²) in [5.74, 6) is 0.410. The molecule has 0 bridgehead atoms. The molecule has 1 aliphatic rings. The maximum absolute atomic E-state index is 5.55. The number of unbranched alkanes of at least 4 members (excludes halogenated alkanes) is 10. The number of rotatable bonds is 17. The zero-order valence-corrected chi connectivity index (χ0v) is 18.3. The fourth-order valence-electron chi connectivity index (χ4n) is 3.74. The van der Waals surface area contributed by atoms with Crippen LogP contribution in [0.3, 0.4) is 0 Å². The van der Waals surface area contributed by atoms with E-state index >= 15 is 0 Å². The molecule has 3 N–H and O–H groups in total. The first-order valence-corrected chi connectivity index (χ1v) is 11.6. The summed E-state index contributed by atoms with van der Waals surface area (Å²) in [7, 11) is 0. The molecule has 1 rings (SSSR count). The van der Waals surface area contributed by atoms with Gasteiger partial charge in [-0.15, -0.1) is 0 Å². The first kappa shape index (κ1) is 24.5. The summed E-state index contributed by atoms with van der Waals surface area (Å²) < 4.78 is 0. The molecule has 0 aromatic heterocycles. The topological polar surface area (TPSA) is 38.0 Å². The van der Waals surface area contributed by atoms with E-state index in [0.29, 0.717) is 5.92 Å². The third-order valence-corrected chi connectivity index (χ3v) is 5.49. The molecule has 0 saturated carbocycles. The van der Waals surface area contributed by atoms with Gasteiger partial charge in [-0.3, -0.25) is 0 Å². The predicted molar refractivity (Wildman–Crippen MR) is 126 cm³/mol. The molecular weight excluding hydrogens is 340 g/mol. The molecule has 28 heavy (non-hydrogen) atoms. The normalized spacial score (nSPS) is 17.2. The molecule has 0 amide bonds. The predicted octanol–water partition coefficient (Wildman–Crippen LogP) is 6.97. The summed E-state index contributed by atoms with van der Waals surface area (Å²) >= 11 is 0. The fraction of sp³-hybridized carbons (Fsp3) is 0.615. The van der Waals surface area contributed by atoms with Crippen molar-refractivity contribution in [3.05, 3.63) is 60.4 Å². The lowest BCUT2D eigenvalue weighted by Crippen LogP contribution is -2.19. The monoisotopic (exact) mass is 384 g/mol. The van der Waals surface area contributed by atoms with Crippen molar-refractivity contribution in [3.8, 4) is 0 Å². The van der Waals surface area contributed by atoms with Crippen LogP contribution in [-0.2, 0) is 0 Å². The summed E-state index contributed by atoms with van der Waals surface area (Å²) in [4.78, 5) is 0. The highest BCUT2D eigenvalue weighted by molar-refractivity contribution is 5.35. The molecule has 0 fully saturated rings. The standard InChI is InChI=1S/C26H44N2/c1-3-5-6-7-8-9-10-11-12-13-14-22-28-23-24-16-18-26(19-17-24)25(15-4-2)20-21-27/h4,15-18,20-21,26,28H,2-3,5-14,19,22-23,27H2,1H3/b21-20-,25-15+. The van der Waals surface area contributed by atoms with Gasteiger partial charge in [0.05, 0.1) is 0 Å². The second-order valence-electron chi connectivity index (χ2n) is 7.95. The van der Waals surface area contributed by atoms with Crippen molar-refractivity contribution in [1.29, 1.82) is 0 Å². The van der Waals surface area contributed by atoms with E-state index in [-0.39, 0.29) is 0 Å². The number of hydrogen-bond donors (Lipinski definition) is 2. The van der Waals surface area contributed by atoms with Crippen molar-refractivity contribution in [1.82, 2.24) is 5.32 Å². The molecule has 2 heteroatoms. The van der Waals surface area contributed by atoms with Gasteiger partial charge < -0.3 is 11.1 Å². The quantitative estimate of drug-likeness (QED) is 0.210. The first-order valence-electron chi connectivity index (χ1n) is 11.6. The summed E-state index contributed by atoms with van der Waals surface area (Å²) in [6, 6.07) is 0. The van der Waals surface area contributed by atoms with Crippen molar-refractivity contribution < 1.29 is 0 Å². The number of nitrogens with one attached hydrogen (secondary N) is 1. The van der Waals surface area contributed by atoms with Crippen LogP contribution in [-0.4, -0.2) is 13.1 Å². The van der Waals surface area contributed by atoms with Crippen LogP contribution in [0.25, 0.3) is 0 Å². The Morgan fingerprint density at radius 3 is 2.25 bits per heavy atom. The third kappa shape index (κ3) is 12.0. The van der Waals surface area contributed by atoms with Crippen molar-refractivity contribution in [3.63, 3.8) is 0 Å². The molecule has 0 saturated heterocycles. The van der Waals surface area contributed by atoms with Gasteiger partial charge in [-0.1, -0.05) is 108 Å². The van der Waals surface area contributed by atoms with Gasteiger partial charge in [0.1, 0.15) is 0 Å². The summed E-state index contributed by atoms with van der Waals surface area (Å²) in [5.41, 5.74) is 8.17. The fourth-order valence-corrected chi connectivity index (χ4v) is 3.74. The van der Waals surface area contributed by atoms with Crippen molar-refractivity contribution in [2.24, 2.45) is 11.7 Å². The van der Waals surface area contributed by atoms with Gasteiger partial charge in [0.15, 0.2) is 0 Å². The van der Waals surface area contributed by atoms with Crippen LogP contribution in [0, 0.1) is 5.92 Å². The van der Waals surface area contributed by atoms with E-state index in [1.165, 1.54) is 81.8 Å². The molecule has 1 atom stereocenters. The summed E-state index contributed by atoms with van der Waals surface area (Å²) in [6.45, 7) is 8.18. The van der Waals surface area contributed by atoms with Crippen molar-refractivity contribution in [2.75, 3.05) is 13.1 Å². The number of allylic oxidation sites excluding steroid dienone is 6. The molecule has 0 spiro atoms. The van der Waals surface area contributed by atoms with Gasteiger partial charge >= 0.3 is 0 Å². The Labute approximate surface area is 174 Å². The summed E-state index contributed by atoms with van der Waals surface area (Å²) in [5, 5.41) is 3.60. The Hall–Kier alpha value is -1.54. The highest BCUT2D eigenvalue weighted by Crippen LogP contribution is 2.24. The Balaban J connectivity index is 1.99. The highest BCUT2D eigenvalue weighted by Gasteiger charge is 2.11. The molecule has 1 aliphatic carbocycles. The van der Waals surface area contributed by atoms with Crippen LogP contribution >= 0.6 is 0 Å². The van der Waals surface area contributed by atoms with E-state index in [4.69, 9.17) is 5.73 Å². The molecule has 1 unspecified atom stereocenters. The molecule has 158 valence electrons. The van der Waals surface area contributed by atoms with E-state index < -0.39 is 0 Å². The Morgan fingerprint density at radius 2 is 1.71 bits per heavy atom. The highest BCUT2D eigenvalue weighted by atomic mass is 14.8. The minimum atomic E-state index is 0.410. The lowest BCUT2D eigenvalue weighted by molar-refractivity contribution is 0.543. The molecule has 0 heterocycles. The lowest BCUT2D eigenvalue weighted by atomic mass is 9.89. The largest absolute Gasteiger partial charge is 0.405 e. The van der Waals surface area contributed by atoms with Crippen molar-refractivity contribution >= 4 is 0 Å². The minimum Gasteiger partial charge on any atom is -0.405 e. The van der Waals surface area contributed by atoms with Crippen LogP contribution < -0.4 is 11.1 Å². The van der Waals surface area contributed by atoms with E-state index in [9.17, 15) is 0 Å². The maximum atomic E-state index is 5.55. The van der Waals surface area contributed by atoms with Gasteiger partial charge in [0, 0.05) is 12.5 Å². The van der Waals surface area contributed by atoms with Crippen molar-refractivity contribution in [2.45, 2.75) is 84.0 Å². The summed E-state index contributed by atoms with van der Waals surface area (Å²) in [6.07, 6.45) is 30.8. The van der Waals surface area contributed by atoms with Crippen LogP contribution in [0.2, 0.25) is 0 Å². The third-order valence-electron chi connectivity index (χ3n) is 5.49. The molecule has 0 radical (unpaired) electrons. The lowest BCUT2D eigenvalue weighted by Gasteiger charge is -2.17. The van der Waals surface area contributed by atoms with Gasteiger partial charge in [-0.05, 0) is 42.8 Å². The zero-order valence-electron chi connectivity index (χ0n) is 18.3. The SMILES string of the molecule is C=C/C=C(\C=C/N)C1C=CC(CNCCCCCCCCCCCCC)=CC1. The maximum Gasteiger partial charge on any atom is 0.0202 e. The average molecular weight is 385 g/mol. The van der Waals surface area contributed by atoms with Gasteiger partial charge in [-0.2, -0.15) is 0 Å². The molecular formula is C26H44N2. The van der Waals surface area contributed by atoms with Crippen LogP contribution in [0.15, 0.2) is 60.4 Å². The van der Waals surface area contributed by atoms with E-state index in [1.807, 2.05) is 18.2 Å². The molecule has 0 aliphatic heterocycles. The van der Waals surface area contributed by atoms with E-state index in [0.717, 1.165) is 19.5 Å². The van der Waals surface area contributed by atoms with Crippen LogP contribution in [0.4, 0.5) is 0 Å². The van der Waals surface area contributed by atoms with Crippen LogP contribution in [0.1, 0.15) is 84.0 Å². The van der Waals surface area contributed by atoms with Gasteiger partial charge in [-0.25, -0.2) is 0 Å². The van der Waals surface area contributed by atoms with Gasteiger partial charge in [0.2, 0.25) is 0 Å². The minimum absolute atomic E-state index is 0.410. The van der Waals surface area contributed by atoms with E-state index in [1.54, 1.807) is 6.20 Å². The van der Waals surface area contributed by atoms with Crippen LogP contribution in [0.5, 0.6) is 0 Å². The second kappa shape index (κ2) is 17.6. The number of nitrogens with two attached hydrogens (primary N) is 1. The Kier molecular flexibility index (Phi) is 15.4. The Morgan fingerprint density at radius 1 is 1.07 bits per heavy atom. The second-order valence-corrected chi connectivity index (χ2v) is 7.95.